The van der Waals surface area contributed by atoms with Crippen LogP contribution < -0.4 is 16.0 Å². The summed E-state index contributed by atoms with van der Waals surface area (Å²) in [5.74, 6) is -1.16. The molecule has 0 spiro atoms. The first-order valence-electron chi connectivity index (χ1n) is 17.7. The van der Waals surface area contributed by atoms with Crippen LogP contribution in [0.5, 0.6) is 0 Å². The molecule has 7 atom stereocenters. The predicted molar refractivity (Wildman–Crippen MR) is 191 cm³/mol. The van der Waals surface area contributed by atoms with Gasteiger partial charge < -0.3 is 35.2 Å². The predicted octanol–water partition coefficient (Wildman–Crippen LogP) is 3.65. The van der Waals surface area contributed by atoms with Crippen molar-refractivity contribution in [3.63, 3.8) is 0 Å². The molecular weight excluding hydrogens is 610 g/mol. The van der Waals surface area contributed by atoms with Crippen LogP contribution in [-0.4, -0.2) is 112 Å². The third-order valence-electron chi connectivity index (χ3n) is 9.43. The van der Waals surface area contributed by atoms with Crippen LogP contribution in [0.15, 0.2) is 30.3 Å². The van der Waals surface area contributed by atoms with Crippen LogP contribution in [-0.2, 0) is 35.1 Å². The van der Waals surface area contributed by atoms with Crippen LogP contribution in [0.25, 0.3) is 0 Å². The molecule has 1 aromatic carbocycles. The van der Waals surface area contributed by atoms with Gasteiger partial charge in [-0.3, -0.25) is 19.2 Å². The molecule has 0 aliphatic heterocycles. The molecule has 0 heterocycles. The Morgan fingerprint density at radius 2 is 1.52 bits per heavy atom. The lowest BCUT2D eigenvalue weighted by molar-refractivity contribution is -0.145. The van der Waals surface area contributed by atoms with Crippen LogP contribution in [0.3, 0.4) is 0 Å². The Morgan fingerprint density at radius 1 is 0.896 bits per heavy atom. The van der Waals surface area contributed by atoms with Crippen molar-refractivity contribution in [2.24, 2.45) is 17.8 Å². The van der Waals surface area contributed by atoms with Crippen molar-refractivity contribution < 1.29 is 28.7 Å². The van der Waals surface area contributed by atoms with E-state index in [-0.39, 0.29) is 48.4 Å². The normalized spacial score (nSPS) is 15.8. The smallest absolute Gasteiger partial charge is 0.244 e. The Morgan fingerprint density at radius 3 is 2.04 bits per heavy atom. The minimum atomic E-state index is -0.763. The standard InChI is InChI=1S/C37H65N5O6/c1-12-14-22-42(24-31(48-11)27(6)35(44)39-21-20-29-18-16-15-17-19-29)32(43)23-30(47-10)34(26(5)13-2)41(9)37(46)28(7)40-36(45)33(38-8)25(3)4/h15-19,25-28,30-31,33-34,38H,12-14,20-24H2,1-11H3,(H,39,44)(H,40,45)/t26?,27?,28-,30?,31-,33?,34?/m0/s1. The molecule has 0 saturated carbocycles. The minimum absolute atomic E-state index is 0.00995. The van der Waals surface area contributed by atoms with E-state index in [0.717, 1.165) is 31.2 Å². The van der Waals surface area contributed by atoms with Crippen molar-refractivity contribution in [1.29, 1.82) is 0 Å². The Balaban J connectivity index is 3.08. The van der Waals surface area contributed by atoms with E-state index in [2.05, 4.69) is 22.9 Å². The van der Waals surface area contributed by atoms with Gasteiger partial charge in [0.15, 0.2) is 0 Å². The van der Waals surface area contributed by atoms with Gasteiger partial charge in [0.2, 0.25) is 23.6 Å². The Bertz CT molecular complexity index is 1100. The summed E-state index contributed by atoms with van der Waals surface area (Å²) < 4.78 is 11.7. The molecule has 5 unspecified atom stereocenters. The zero-order chi connectivity index (χ0) is 36.4. The summed E-state index contributed by atoms with van der Waals surface area (Å²) in [6.07, 6.45) is 2.14. The molecule has 274 valence electrons. The van der Waals surface area contributed by atoms with Gasteiger partial charge in [-0.2, -0.15) is 0 Å². The molecule has 0 aromatic heterocycles. The van der Waals surface area contributed by atoms with E-state index >= 15 is 0 Å². The number of rotatable bonds is 23. The lowest BCUT2D eigenvalue weighted by atomic mass is 9.90. The fraction of sp³-hybridized carbons (Fsp3) is 0.730. The summed E-state index contributed by atoms with van der Waals surface area (Å²) in [4.78, 5) is 57.0. The first-order chi connectivity index (χ1) is 22.8. The molecule has 4 amide bonds. The zero-order valence-corrected chi connectivity index (χ0v) is 31.5. The summed E-state index contributed by atoms with van der Waals surface area (Å²) in [6, 6.07) is 8.38. The highest BCUT2D eigenvalue weighted by Gasteiger charge is 2.37. The zero-order valence-electron chi connectivity index (χ0n) is 31.5. The topological polar surface area (TPSA) is 129 Å². The number of carbonyl (C=O) groups excluding carboxylic acids is 4. The van der Waals surface area contributed by atoms with Gasteiger partial charge >= 0.3 is 0 Å². The summed E-state index contributed by atoms with van der Waals surface area (Å²) >= 11 is 0. The summed E-state index contributed by atoms with van der Waals surface area (Å²) in [5.41, 5.74) is 1.15. The molecule has 0 radical (unpaired) electrons. The second kappa shape index (κ2) is 22.6. The highest BCUT2D eigenvalue weighted by Crippen LogP contribution is 2.23. The first-order valence-corrected chi connectivity index (χ1v) is 17.7. The van der Waals surface area contributed by atoms with Gasteiger partial charge in [-0.25, -0.2) is 0 Å². The fourth-order valence-corrected chi connectivity index (χ4v) is 6.09. The van der Waals surface area contributed by atoms with E-state index in [0.29, 0.717) is 13.1 Å². The lowest BCUT2D eigenvalue weighted by Crippen LogP contribution is -2.57. The average Bonchev–Trinajstić information content (AvgIpc) is 3.07. The van der Waals surface area contributed by atoms with Gasteiger partial charge in [-0.15, -0.1) is 0 Å². The molecule has 0 aliphatic carbocycles. The van der Waals surface area contributed by atoms with Crippen molar-refractivity contribution in [2.45, 2.75) is 111 Å². The Hall–Kier alpha value is -3.02. The average molecular weight is 676 g/mol. The van der Waals surface area contributed by atoms with E-state index in [1.54, 1.807) is 45.0 Å². The Kier molecular flexibility index (Phi) is 20.2. The third kappa shape index (κ3) is 13.5. The van der Waals surface area contributed by atoms with Crippen molar-refractivity contribution in [1.82, 2.24) is 25.8 Å². The van der Waals surface area contributed by atoms with Gasteiger partial charge in [0.05, 0.1) is 36.6 Å². The van der Waals surface area contributed by atoms with E-state index in [4.69, 9.17) is 9.47 Å². The largest absolute Gasteiger partial charge is 0.379 e. The highest BCUT2D eigenvalue weighted by atomic mass is 16.5. The van der Waals surface area contributed by atoms with Gasteiger partial charge in [-0.1, -0.05) is 84.7 Å². The quantitative estimate of drug-likeness (QED) is 0.162. The number of unbranched alkanes of at least 4 members (excludes halogenated alkanes) is 1. The van der Waals surface area contributed by atoms with Crippen LogP contribution >= 0.6 is 0 Å². The van der Waals surface area contributed by atoms with E-state index < -0.39 is 36.3 Å². The second-order valence-corrected chi connectivity index (χ2v) is 13.3. The molecule has 11 heteroatoms. The number of hydrogen-bond donors (Lipinski definition) is 3. The molecule has 3 N–H and O–H groups in total. The number of ether oxygens (including phenoxy) is 2. The highest BCUT2D eigenvalue weighted by molar-refractivity contribution is 5.89. The lowest BCUT2D eigenvalue weighted by Gasteiger charge is -2.39. The van der Waals surface area contributed by atoms with Crippen molar-refractivity contribution in [3.8, 4) is 0 Å². The minimum Gasteiger partial charge on any atom is -0.379 e. The van der Waals surface area contributed by atoms with Gasteiger partial charge in [-0.05, 0) is 44.2 Å². The van der Waals surface area contributed by atoms with Crippen LogP contribution in [0, 0.1) is 17.8 Å². The molecule has 0 fully saturated rings. The van der Waals surface area contributed by atoms with E-state index in [1.165, 1.54) is 0 Å². The molecule has 11 nitrogen and oxygen atoms in total. The molecule has 1 aromatic rings. The van der Waals surface area contributed by atoms with Crippen molar-refractivity contribution in [3.05, 3.63) is 35.9 Å². The second-order valence-electron chi connectivity index (χ2n) is 13.3. The van der Waals surface area contributed by atoms with Crippen LogP contribution in [0.2, 0.25) is 0 Å². The van der Waals surface area contributed by atoms with Gasteiger partial charge in [0, 0.05) is 40.9 Å². The molecule has 1 rings (SSSR count). The number of likely N-dealkylation sites (N-methyl/N-ethyl adjacent to an activating group) is 2. The van der Waals surface area contributed by atoms with Crippen LogP contribution in [0.1, 0.15) is 79.7 Å². The summed E-state index contributed by atoms with van der Waals surface area (Å²) in [5, 5.41) is 8.89. The molecular formula is C37H65N5O6. The van der Waals surface area contributed by atoms with Gasteiger partial charge in [0.1, 0.15) is 6.04 Å². The summed E-state index contributed by atoms with van der Waals surface area (Å²) in [7, 11) is 6.57. The third-order valence-corrected chi connectivity index (χ3v) is 9.43. The van der Waals surface area contributed by atoms with E-state index in [1.807, 2.05) is 65.0 Å². The SMILES string of the molecule is CCCCN(C[C@H](OC)C(C)C(=O)NCCc1ccccc1)C(=O)CC(OC)C(C(C)CC)N(C)C(=O)[C@H](C)NC(=O)C(NC)C(C)C. The number of nitrogens with one attached hydrogen (secondary N) is 3. The van der Waals surface area contributed by atoms with Crippen LogP contribution in [0.4, 0.5) is 0 Å². The first kappa shape index (κ1) is 43.0. The maximum Gasteiger partial charge on any atom is 0.244 e. The number of amides is 4. The Labute approximate surface area is 290 Å². The number of carbonyl (C=O) groups is 4. The monoisotopic (exact) mass is 675 g/mol. The number of benzene rings is 1. The number of methoxy groups -OCH3 is 2. The van der Waals surface area contributed by atoms with E-state index in [9.17, 15) is 19.2 Å². The van der Waals surface area contributed by atoms with Crippen molar-refractivity contribution in [2.75, 3.05) is 47.9 Å². The number of nitrogens with zero attached hydrogens (tertiary/aromatic N) is 2. The molecule has 0 aliphatic rings. The summed E-state index contributed by atoms with van der Waals surface area (Å²) in [6.45, 7) is 14.8. The van der Waals surface area contributed by atoms with Crippen molar-refractivity contribution >= 4 is 23.6 Å². The fourth-order valence-electron chi connectivity index (χ4n) is 6.09. The van der Waals surface area contributed by atoms with Gasteiger partial charge in [0.25, 0.3) is 0 Å². The number of hydrogen-bond acceptors (Lipinski definition) is 7. The molecule has 48 heavy (non-hydrogen) atoms. The maximum absolute atomic E-state index is 14.0. The molecule has 0 saturated heterocycles. The maximum atomic E-state index is 14.0. The molecule has 0 bridgehead atoms.